The number of hydrogen-bond acceptors (Lipinski definition) is 8. The molecule has 0 fully saturated rings. The van der Waals surface area contributed by atoms with Crippen LogP contribution in [0.2, 0.25) is 0 Å². The summed E-state index contributed by atoms with van der Waals surface area (Å²) < 4.78 is 20.9. The maximum Gasteiger partial charge on any atom is 0.325 e. The van der Waals surface area contributed by atoms with E-state index in [9.17, 15) is 14.4 Å². The van der Waals surface area contributed by atoms with Crippen LogP contribution in [-0.2, 0) is 19.1 Å². The van der Waals surface area contributed by atoms with Crippen molar-refractivity contribution in [3.8, 4) is 11.5 Å². The fourth-order valence-electron chi connectivity index (χ4n) is 2.47. The van der Waals surface area contributed by atoms with Gasteiger partial charge in [0.05, 0.1) is 13.0 Å². The highest BCUT2D eigenvalue weighted by Gasteiger charge is 2.21. The zero-order chi connectivity index (χ0) is 27.4. The molecule has 1 aromatic heterocycles. The van der Waals surface area contributed by atoms with Gasteiger partial charge in [0.2, 0.25) is 6.79 Å². The summed E-state index contributed by atoms with van der Waals surface area (Å²) in [7, 11) is 1.39. The number of amides is 1. The molecular formula is C26H42N2O7. The van der Waals surface area contributed by atoms with Gasteiger partial charge in [-0.05, 0) is 13.8 Å². The Morgan fingerprint density at radius 1 is 1.14 bits per heavy atom. The number of nitrogens with one attached hydrogen (secondary N) is 1. The molecule has 1 aromatic rings. The molecular weight excluding hydrogens is 452 g/mol. The molecule has 1 N–H and O–H groups in total. The number of carbonyl (C=O) groups excluding carboxylic acids is 3. The fourth-order valence-corrected chi connectivity index (χ4v) is 2.47. The van der Waals surface area contributed by atoms with Gasteiger partial charge in [0.25, 0.3) is 5.91 Å². The number of esters is 2. The van der Waals surface area contributed by atoms with Crippen LogP contribution in [0.3, 0.4) is 0 Å². The molecule has 0 saturated heterocycles. The molecule has 0 radical (unpaired) electrons. The Bertz CT molecular complexity index is 820. The summed E-state index contributed by atoms with van der Waals surface area (Å²) in [5.41, 5.74) is 0.894. The van der Waals surface area contributed by atoms with E-state index < -0.39 is 24.6 Å². The van der Waals surface area contributed by atoms with Crippen LogP contribution in [0, 0.1) is 5.92 Å². The molecule has 35 heavy (non-hydrogen) atoms. The highest BCUT2D eigenvalue weighted by Crippen LogP contribution is 2.29. The largest absolute Gasteiger partial charge is 0.493 e. The highest BCUT2D eigenvalue weighted by atomic mass is 16.7. The first-order valence-electron chi connectivity index (χ1n) is 11.8. The standard InChI is InChI=1S/C22H30N2O7.2C2H6/c1-7-8-15(4)11-16(5)31-18(25)12-24-21(26)19-20(17(28-6)9-10-23-19)29-13-30-22(27)14(2)3;2*1-2/h7-10,14,16H,1,11-13H2,2-6H3,(H,24,26);2*1-2H3/b15-8+;;. The van der Waals surface area contributed by atoms with E-state index in [0.29, 0.717) is 6.42 Å². The zero-order valence-electron chi connectivity index (χ0n) is 22.6. The second kappa shape index (κ2) is 20.1. The van der Waals surface area contributed by atoms with E-state index >= 15 is 0 Å². The average Bonchev–Trinajstić information content (AvgIpc) is 2.84. The second-order valence-electron chi connectivity index (χ2n) is 7.01. The van der Waals surface area contributed by atoms with Crippen LogP contribution in [-0.4, -0.2) is 49.4 Å². The molecule has 0 saturated carbocycles. The van der Waals surface area contributed by atoms with Gasteiger partial charge in [-0.25, -0.2) is 4.98 Å². The minimum atomic E-state index is -0.670. The maximum atomic E-state index is 12.5. The summed E-state index contributed by atoms with van der Waals surface area (Å²) in [6, 6.07) is 1.49. The van der Waals surface area contributed by atoms with Crippen LogP contribution in [0.1, 0.15) is 72.3 Å². The summed E-state index contributed by atoms with van der Waals surface area (Å²) in [4.78, 5) is 40.2. The van der Waals surface area contributed by atoms with Gasteiger partial charge in [0.15, 0.2) is 17.2 Å². The number of nitrogens with zero attached hydrogens (tertiary/aromatic N) is 1. The van der Waals surface area contributed by atoms with Gasteiger partial charge in [-0.3, -0.25) is 14.4 Å². The quantitative estimate of drug-likeness (QED) is 0.249. The zero-order valence-corrected chi connectivity index (χ0v) is 22.6. The fraction of sp³-hybridized carbons (Fsp3) is 0.538. The third-order valence-electron chi connectivity index (χ3n) is 3.92. The predicted octanol–water partition coefficient (Wildman–Crippen LogP) is 4.86. The van der Waals surface area contributed by atoms with E-state index in [-0.39, 0.29) is 35.8 Å². The third-order valence-corrected chi connectivity index (χ3v) is 3.92. The van der Waals surface area contributed by atoms with Gasteiger partial charge in [0.1, 0.15) is 12.6 Å². The van der Waals surface area contributed by atoms with Crippen molar-refractivity contribution in [1.29, 1.82) is 0 Å². The van der Waals surface area contributed by atoms with Gasteiger partial charge in [0, 0.05) is 18.7 Å². The van der Waals surface area contributed by atoms with Crippen molar-refractivity contribution >= 4 is 17.8 Å². The first kappa shape index (κ1) is 33.8. The van der Waals surface area contributed by atoms with Crippen molar-refractivity contribution in [2.75, 3.05) is 20.4 Å². The van der Waals surface area contributed by atoms with Crippen molar-refractivity contribution < 1.29 is 33.3 Å². The Hall–Kier alpha value is -3.36. The lowest BCUT2D eigenvalue weighted by molar-refractivity contribution is -0.154. The Kier molecular flexibility index (Phi) is 19.4. The molecule has 9 nitrogen and oxygen atoms in total. The monoisotopic (exact) mass is 494 g/mol. The second-order valence-corrected chi connectivity index (χ2v) is 7.01. The summed E-state index contributed by atoms with van der Waals surface area (Å²) in [6.07, 6.45) is 5.05. The number of allylic oxidation sites excluding steroid dienone is 2. The Balaban J connectivity index is 0. The normalized spacial score (nSPS) is 11.0. The lowest BCUT2D eigenvalue weighted by Gasteiger charge is -2.15. The van der Waals surface area contributed by atoms with Crippen LogP contribution in [0.25, 0.3) is 0 Å². The van der Waals surface area contributed by atoms with Crippen molar-refractivity contribution in [1.82, 2.24) is 10.3 Å². The van der Waals surface area contributed by atoms with Gasteiger partial charge in [-0.1, -0.05) is 65.8 Å². The first-order chi connectivity index (χ1) is 16.7. The van der Waals surface area contributed by atoms with Gasteiger partial charge in [-0.2, -0.15) is 0 Å². The smallest absolute Gasteiger partial charge is 0.325 e. The number of pyridine rings is 1. The van der Waals surface area contributed by atoms with E-state index in [1.165, 1.54) is 19.4 Å². The van der Waals surface area contributed by atoms with E-state index in [0.717, 1.165) is 5.57 Å². The van der Waals surface area contributed by atoms with Crippen molar-refractivity contribution in [3.05, 3.63) is 42.3 Å². The Morgan fingerprint density at radius 3 is 2.31 bits per heavy atom. The van der Waals surface area contributed by atoms with Crippen LogP contribution < -0.4 is 14.8 Å². The van der Waals surface area contributed by atoms with E-state index in [1.807, 2.05) is 40.7 Å². The molecule has 0 spiro atoms. The molecule has 198 valence electrons. The van der Waals surface area contributed by atoms with Crippen molar-refractivity contribution in [2.24, 2.45) is 5.92 Å². The highest BCUT2D eigenvalue weighted by molar-refractivity contribution is 5.97. The Labute approximate surface area is 209 Å². The lowest BCUT2D eigenvalue weighted by Crippen LogP contribution is -2.33. The van der Waals surface area contributed by atoms with Crippen LogP contribution in [0.5, 0.6) is 11.5 Å². The lowest BCUT2D eigenvalue weighted by atomic mass is 10.1. The molecule has 0 aromatic carbocycles. The van der Waals surface area contributed by atoms with Gasteiger partial charge >= 0.3 is 11.9 Å². The first-order valence-corrected chi connectivity index (χ1v) is 11.8. The molecule has 1 unspecified atom stereocenters. The molecule has 0 aliphatic heterocycles. The number of hydrogen-bond donors (Lipinski definition) is 1. The van der Waals surface area contributed by atoms with E-state index in [1.54, 1.807) is 26.8 Å². The summed E-state index contributed by atoms with van der Waals surface area (Å²) in [6.45, 7) is 17.9. The minimum absolute atomic E-state index is 0.00835. The molecule has 0 bridgehead atoms. The number of aromatic nitrogens is 1. The third kappa shape index (κ3) is 13.8. The van der Waals surface area contributed by atoms with E-state index in [2.05, 4.69) is 16.9 Å². The number of rotatable bonds is 12. The summed E-state index contributed by atoms with van der Waals surface area (Å²) in [5, 5.41) is 2.44. The van der Waals surface area contributed by atoms with Gasteiger partial charge in [-0.15, -0.1) is 0 Å². The average molecular weight is 495 g/mol. The van der Waals surface area contributed by atoms with Crippen LogP contribution >= 0.6 is 0 Å². The predicted molar refractivity (Wildman–Crippen MR) is 136 cm³/mol. The van der Waals surface area contributed by atoms with Crippen molar-refractivity contribution in [2.45, 2.75) is 67.9 Å². The SMILES string of the molecule is C=C/C=C(\C)CC(C)OC(=O)CNC(=O)c1nccc(OC)c1OCOC(=O)C(C)C.CC.CC. The summed E-state index contributed by atoms with van der Waals surface area (Å²) in [5.74, 6) is -1.83. The number of carbonyl (C=O) groups is 3. The maximum absolute atomic E-state index is 12.5. The molecule has 1 rings (SSSR count). The molecule has 1 heterocycles. The molecule has 0 aliphatic rings. The molecule has 1 atom stereocenters. The van der Waals surface area contributed by atoms with Gasteiger partial charge < -0.3 is 24.3 Å². The Morgan fingerprint density at radius 2 is 1.77 bits per heavy atom. The number of methoxy groups -OCH3 is 1. The number of ether oxygens (including phenoxy) is 4. The topological polar surface area (TPSA) is 113 Å². The van der Waals surface area contributed by atoms with E-state index in [4.69, 9.17) is 18.9 Å². The molecule has 9 heteroatoms. The minimum Gasteiger partial charge on any atom is -0.493 e. The van der Waals surface area contributed by atoms with Crippen molar-refractivity contribution in [3.63, 3.8) is 0 Å². The molecule has 1 amide bonds. The molecule has 0 aliphatic carbocycles. The van der Waals surface area contributed by atoms with Crippen LogP contribution in [0.4, 0.5) is 0 Å². The van der Waals surface area contributed by atoms with Crippen LogP contribution in [0.15, 0.2) is 36.6 Å². The summed E-state index contributed by atoms with van der Waals surface area (Å²) >= 11 is 0.